The SMILES string of the molecule is COCO[C@@H](/C=C/CCCCCCCCCC[P+](c1ccccc1)(c1ccccc1)c1ccccc1)COCc1ccc(OC)cc1.[I-]. The van der Waals surface area contributed by atoms with Gasteiger partial charge in [0.05, 0.1) is 26.5 Å². The van der Waals surface area contributed by atoms with Crippen molar-refractivity contribution < 1.29 is 42.9 Å². The molecule has 0 aliphatic carbocycles. The highest BCUT2D eigenvalue weighted by atomic mass is 127. The topological polar surface area (TPSA) is 36.9 Å². The molecule has 0 radical (unpaired) electrons. The molecule has 0 unspecified atom stereocenters. The minimum absolute atomic E-state index is 0. The van der Waals surface area contributed by atoms with Gasteiger partial charge in [0.1, 0.15) is 41.8 Å². The van der Waals surface area contributed by atoms with Gasteiger partial charge in [-0.25, -0.2) is 0 Å². The highest BCUT2D eigenvalue weighted by molar-refractivity contribution is 7.95. The smallest absolute Gasteiger partial charge is 0.147 e. The zero-order valence-corrected chi connectivity index (χ0v) is 31.9. The van der Waals surface area contributed by atoms with Crippen LogP contribution in [0.2, 0.25) is 0 Å². The summed E-state index contributed by atoms with van der Waals surface area (Å²) >= 11 is 0. The molecule has 0 N–H and O–H groups in total. The van der Waals surface area contributed by atoms with Gasteiger partial charge in [-0.05, 0) is 79.8 Å². The van der Waals surface area contributed by atoms with Crippen molar-refractivity contribution in [3.05, 3.63) is 133 Å². The second-order valence-electron chi connectivity index (χ2n) is 12.1. The number of methoxy groups -OCH3 is 2. The standard InChI is InChI=1S/C42H54O4P.HI/c1-43-36-46-39(35-45-34-37-29-31-38(44-2)32-30-37)22-14-9-7-5-3-4-6-8-10-21-33-47(40-23-15-11-16-24-40,41-25-17-12-18-26-41)42-27-19-13-20-28-42;/h11-20,22-32,39H,3-10,21,33-36H2,1-2H3;1H/q+1;/p-1/b22-14+;/t39-;/m0./s1. The van der Waals surface area contributed by atoms with Crippen LogP contribution in [-0.4, -0.2) is 39.9 Å². The summed E-state index contributed by atoms with van der Waals surface area (Å²) in [5.74, 6) is 0.850. The molecule has 0 saturated heterocycles. The minimum Gasteiger partial charge on any atom is -1.00 e. The molecule has 4 nitrogen and oxygen atoms in total. The maximum Gasteiger partial charge on any atom is 0.147 e. The van der Waals surface area contributed by atoms with Gasteiger partial charge in [-0.2, -0.15) is 0 Å². The van der Waals surface area contributed by atoms with Crippen molar-refractivity contribution in [2.24, 2.45) is 0 Å². The lowest BCUT2D eigenvalue weighted by atomic mass is 10.1. The van der Waals surface area contributed by atoms with E-state index in [2.05, 4.69) is 103 Å². The molecule has 0 aromatic heterocycles. The van der Waals surface area contributed by atoms with E-state index in [-0.39, 0.29) is 36.9 Å². The van der Waals surface area contributed by atoms with Crippen molar-refractivity contribution >= 4 is 23.2 Å². The highest BCUT2D eigenvalue weighted by Gasteiger charge is 2.44. The molecule has 4 aromatic carbocycles. The van der Waals surface area contributed by atoms with Crippen LogP contribution in [-0.2, 0) is 20.8 Å². The molecule has 0 bridgehead atoms. The van der Waals surface area contributed by atoms with Gasteiger partial charge in [0.25, 0.3) is 0 Å². The van der Waals surface area contributed by atoms with E-state index in [1.54, 1.807) is 14.2 Å². The molecule has 0 saturated carbocycles. The lowest BCUT2D eigenvalue weighted by Crippen LogP contribution is -3.00. The Kier molecular flexibility index (Phi) is 19.7. The van der Waals surface area contributed by atoms with E-state index in [0.29, 0.717) is 13.2 Å². The lowest BCUT2D eigenvalue weighted by molar-refractivity contribution is -0.0814. The first-order valence-electron chi connectivity index (χ1n) is 17.3. The van der Waals surface area contributed by atoms with E-state index in [1.807, 2.05) is 24.3 Å². The molecule has 1 atom stereocenters. The number of halogens is 1. The Balaban J connectivity index is 0.00000625. The molecule has 0 amide bonds. The Morgan fingerprint density at radius 1 is 0.604 bits per heavy atom. The maximum atomic E-state index is 5.92. The average molecular weight is 781 g/mol. The third-order valence-corrected chi connectivity index (χ3v) is 13.2. The summed E-state index contributed by atoms with van der Waals surface area (Å²) in [6.07, 6.45) is 16.8. The van der Waals surface area contributed by atoms with Gasteiger partial charge in [-0.1, -0.05) is 111 Å². The molecular formula is C42H54IO4P. The number of ether oxygens (including phenoxy) is 4. The molecule has 0 heterocycles. The zero-order valence-electron chi connectivity index (χ0n) is 28.9. The molecule has 4 rings (SSSR count). The van der Waals surface area contributed by atoms with Crippen molar-refractivity contribution in [1.82, 2.24) is 0 Å². The van der Waals surface area contributed by atoms with E-state index in [9.17, 15) is 0 Å². The van der Waals surface area contributed by atoms with Crippen LogP contribution in [0.5, 0.6) is 5.75 Å². The Bertz CT molecular complexity index is 1290. The van der Waals surface area contributed by atoms with E-state index in [0.717, 1.165) is 17.7 Å². The van der Waals surface area contributed by atoms with Crippen LogP contribution in [0.4, 0.5) is 0 Å². The number of hydrogen-bond acceptors (Lipinski definition) is 4. The molecule has 4 aromatic rings. The second kappa shape index (κ2) is 23.8. The number of rotatable bonds is 23. The Morgan fingerprint density at radius 3 is 1.60 bits per heavy atom. The minimum atomic E-state index is -1.70. The summed E-state index contributed by atoms with van der Waals surface area (Å²) in [6, 6.07) is 41.7. The number of hydrogen-bond donors (Lipinski definition) is 0. The normalized spacial score (nSPS) is 12.1. The van der Waals surface area contributed by atoms with Crippen molar-refractivity contribution in [2.45, 2.75) is 70.5 Å². The average Bonchev–Trinajstić information content (AvgIpc) is 3.13. The van der Waals surface area contributed by atoms with Gasteiger partial charge in [0.2, 0.25) is 0 Å². The monoisotopic (exact) mass is 780 g/mol. The number of benzene rings is 4. The Hall–Kier alpha value is -2.54. The van der Waals surface area contributed by atoms with Crippen LogP contribution in [0.3, 0.4) is 0 Å². The molecule has 0 spiro atoms. The first-order chi connectivity index (χ1) is 23.3. The van der Waals surface area contributed by atoms with Crippen LogP contribution >= 0.6 is 7.26 Å². The summed E-state index contributed by atoms with van der Waals surface area (Å²) in [5.41, 5.74) is 1.11. The summed E-state index contributed by atoms with van der Waals surface area (Å²) in [6.45, 7) is 1.30. The van der Waals surface area contributed by atoms with Crippen molar-refractivity contribution in [1.29, 1.82) is 0 Å². The Labute approximate surface area is 307 Å². The fraction of sp³-hybridized carbons (Fsp3) is 0.381. The molecule has 6 heteroatoms. The molecule has 0 fully saturated rings. The number of allylic oxidation sites excluding steroid dienone is 1. The maximum absolute atomic E-state index is 5.92. The zero-order chi connectivity index (χ0) is 32.8. The van der Waals surface area contributed by atoms with Gasteiger partial charge in [0.15, 0.2) is 0 Å². The van der Waals surface area contributed by atoms with Crippen molar-refractivity contribution in [3.63, 3.8) is 0 Å². The highest BCUT2D eigenvalue weighted by Crippen LogP contribution is 2.56. The molecule has 258 valence electrons. The van der Waals surface area contributed by atoms with Crippen LogP contribution in [0.1, 0.15) is 63.4 Å². The Morgan fingerprint density at radius 2 is 1.10 bits per heavy atom. The fourth-order valence-corrected chi connectivity index (χ4v) is 10.5. The van der Waals surface area contributed by atoms with E-state index < -0.39 is 7.26 Å². The number of unbranched alkanes of at least 4 members (excludes halogenated alkanes) is 8. The summed E-state index contributed by atoms with van der Waals surface area (Å²) < 4.78 is 22.1. The predicted octanol–water partition coefficient (Wildman–Crippen LogP) is 6.27. The van der Waals surface area contributed by atoms with Crippen molar-refractivity contribution in [2.75, 3.05) is 33.8 Å². The van der Waals surface area contributed by atoms with E-state index in [4.69, 9.17) is 18.9 Å². The van der Waals surface area contributed by atoms with Gasteiger partial charge >= 0.3 is 0 Å². The lowest BCUT2D eigenvalue weighted by Gasteiger charge is -2.27. The first-order valence-corrected chi connectivity index (χ1v) is 19.3. The van der Waals surface area contributed by atoms with Gasteiger partial charge in [-0.3, -0.25) is 0 Å². The third kappa shape index (κ3) is 13.1. The van der Waals surface area contributed by atoms with E-state index in [1.165, 1.54) is 73.4 Å². The predicted molar refractivity (Wildman–Crippen MR) is 200 cm³/mol. The molecule has 0 aliphatic heterocycles. The fourth-order valence-electron chi connectivity index (χ4n) is 6.13. The first kappa shape index (κ1) is 39.9. The van der Waals surface area contributed by atoms with Gasteiger partial charge in [0, 0.05) is 7.11 Å². The molecule has 0 aliphatic rings. The summed E-state index contributed by atoms with van der Waals surface area (Å²) in [5, 5.41) is 4.47. The van der Waals surface area contributed by atoms with Crippen LogP contribution < -0.4 is 44.6 Å². The third-order valence-electron chi connectivity index (χ3n) is 8.67. The van der Waals surface area contributed by atoms with Crippen LogP contribution in [0, 0.1) is 0 Å². The molecular weight excluding hydrogens is 726 g/mol. The summed E-state index contributed by atoms with van der Waals surface area (Å²) in [4.78, 5) is 0. The van der Waals surface area contributed by atoms with E-state index >= 15 is 0 Å². The summed E-state index contributed by atoms with van der Waals surface area (Å²) in [7, 11) is 1.62. The van der Waals surface area contributed by atoms with Crippen LogP contribution in [0.25, 0.3) is 0 Å². The van der Waals surface area contributed by atoms with Gasteiger partial charge < -0.3 is 42.9 Å². The van der Waals surface area contributed by atoms with Gasteiger partial charge in [-0.15, -0.1) is 0 Å². The van der Waals surface area contributed by atoms with Crippen LogP contribution in [0.15, 0.2) is 127 Å². The largest absolute Gasteiger partial charge is 1.00 e. The quantitative estimate of drug-likeness (QED) is 0.0293. The second-order valence-corrected chi connectivity index (χ2v) is 15.7. The molecule has 48 heavy (non-hydrogen) atoms. The van der Waals surface area contributed by atoms with Crippen molar-refractivity contribution in [3.8, 4) is 5.75 Å².